The molecule has 2 aromatic carbocycles. The first-order valence-corrected chi connectivity index (χ1v) is 7.18. The van der Waals surface area contributed by atoms with Gasteiger partial charge >= 0.3 is 0 Å². The molecule has 0 heterocycles. The van der Waals surface area contributed by atoms with Gasteiger partial charge in [0.25, 0.3) is 0 Å². The van der Waals surface area contributed by atoms with Crippen LogP contribution in [0.5, 0.6) is 0 Å². The Balaban J connectivity index is 2.20. The van der Waals surface area contributed by atoms with Gasteiger partial charge in [-0.25, -0.2) is 0 Å². The highest BCUT2D eigenvalue weighted by Gasteiger charge is 2.02. The van der Waals surface area contributed by atoms with E-state index in [4.69, 9.17) is 0 Å². The van der Waals surface area contributed by atoms with Crippen LogP contribution in [-0.2, 0) is 6.42 Å². The van der Waals surface area contributed by atoms with Crippen molar-refractivity contribution in [2.24, 2.45) is 0 Å². The number of hydrogen-bond acceptors (Lipinski definition) is 1. The Hall–Kier alpha value is -2.41. The molecule has 0 aliphatic carbocycles. The van der Waals surface area contributed by atoms with Crippen LogP contribution in [0.1, 0.15) is 35.3 Å². The van der Waals surface area contributed by atoms with Crippen LogP contribution in [0.15, 0.2) is 72.3 Å². The number of benzene rings is 2. The maximum atomic E-state index is 12.1. The third kappa shape index (κ3) is 4.28. The molecule has 106 valence electrons. The van der Waals surface area contributed by atoms with Crippen LogP contribution < -0.4 is 0 Å². The lowest BCUT2D eigenvalue weighted by molar-refractivity contribution is 0.104. The van der Waals surface area contributed by atoms with Gasteiger partial charge in [0, 0.05) is 5.56 Å². The van der Waals surface area contributed by atoms with Gasteiger partial charge < -0.3 is 0 Å². The highest BCUT2D eigenvalue weighted by Crippen LogP contribution is 2.15. The number of ketones is 1. The minimum Gasteiger partial charge on any atom is -0.289 e. The van der Waals surface area contributed by atoms with Crippen molar-refractivity contribution in [1.29, 1.82) is 0 Å². The van der Waals surface area contributed by atoms with Crippen LogP contribution in [-0.4, -0.2) is 5.78 Å². The number of rotatable bonds is 5. The largest absolute Gasteiger partial charge is 0.289 e. The fraction of sp³-hybridized carbons (Fsp3) is 0.150. The van der Waals surface area contributed by atoms with Crippen molar-refractivity contribution in [3.05, 3.63) is 89.0 Å². The molecule has 2 aromatic rings. The summed E-state index contributed by atoms with van der Waals surface area (Å²) in [7, 11) is 0. The Labute approximate surface area is 126 Å². The lowest BCUT2D eigenvalue weighted by Gasteiger charge is -2.06. The van der Waals surface area contributed by atoms with E-state index in [9.17, 15) is 4.79 Å². The van der Waals surface area contributed by atoms with E-state index in [2.05, 4.69) is 19.1 Å². The molecule has 0 N–H and O–H groups in total. The van der Waals surface area contributed by atoms with Gasteiger partial charge in [0.1, 0.15) is 0 Å². The summed E-state index contributed by atoms with van der Waals surface area (Å²) in [5.41, 5.74) is 4.38. The van der Waals surface area contributed by atoms with E-state index in [0.29, 0.717) is 0 Å². The van der Waals surface area contributed by atoms with Gasteiger partial charge in [-0.05, 0) is 37.5 Å². The number of hydrogen-bond donors (Lipinski definition) is 0. The third-order valence-electron chi connectivity index (χ3n) is 3.49. The van der Waals surface area contributed by atoms with Crippen molar-refractivity contribution >= 4 is 11.9 Å². The van der Waals surface area contributed by atoms with Crippen LogP contribution in [0, 0.1) is 0 Å². The summed E-state index contributed by atoms with van der Waals surface area (Å²) in [5.74, 6) is 0.0353. The topological polar surface area (TPSA) is 17.1 Å². The minimum atomic E-state index is 0.0353. The zero-order valence-corrected chi connectivity index (χ0v) is 12.5. The average molecular weight is 276 g/mol. The molecule has 0 aromatic heterocycles. The summed E-state index contributed by atoms with van der Waals surface area (Å²) in [6, 6.07) is 17.5. The summed E-state index contributed by atoms with van der Waals surface area (Å²) in [4.78, 5) is 12.1. The van der Waals surface area contributed by atoms with Gasteiger partial charge in [0.05, 0.1) is 0 Å². The SMILES string of the molecule is CC=C(C)Cc1ccccc1C=CC(=O)c1ccccc1. The molecule has 1 heteroatoms. The van der Waals surface area contributed by atoms with Crippen molar-refractivity contribution in [1.82, 2.24) is 0 Å². The maximum absolute atomic E-state index is 12.1. The van der Waals surface area contributed by atoms with Crippen molar-refractivity contribution < 1.29 is 4.79 Å². The van der Waals surface area contributed by atoms with Crippen LogP contribution in [0.3, 0.4) is 0 Å². The van der Waals surface area contributed by atoms with Gasteiger partial charge in [0.2, 0.25) is 0 Å². The van der Waals surface area contributed by atoms with E-state index >= 15 is 0 Å². The molecule has 0 unspecified atom stereocenters. The van der Waals surface area contributed by atoms with E-state index in [0.717, 1.165) is 17.5 Å². The van der Waals surface area contributed by atoms with Gasteiger partial charge in [-0.15, -0.1) is 0 Å². The standard InChI is InChI=1S/C20H20O/c1-3-16(2)15-19-12-8-7-9-17(19)13-14-20(21)18-10-5-4-6-11-18/h3-14H,15H2,1-2H3. The molecule has 0 radical (unpaired) electrons. The third-order valence-corrected chi connectivity index (χ3v) is 3.49. The van der Waals surface area contributed by atoms with E-state index < -0.39 is 0 Å². The van der Waals surface area contributed by atoms with Crippen LogP contribution >= 0.6 is 0 Å². The molecule has 0 fully saturated rings. The minimum absolute atomic E-state index is 0.0353. The lowest BCUT2D eigenvalue weighted by atomic mass is 9.99. The van der Waals surface area contributed by atoms with Gasteiger partial charge in [-0.1, -0.05) is 72.3 Å². The van der Waals surface area contributed by atoms with Crippen molar-refractivity contribution in [3.63, 3.8) is 0 Å². The Kier molecular flexibility index (Phi) is 5.28. The summed E-state index contributed by atoms with van der Waals surface area (Å²) in [5, 5.41) is 0. The van der Waals surface area contributed by atoms with Gasteiger partial charge in [0.15, 0.2) is 5.78 Å². The highest BCUT2D eigenvalue weighted by atomic mass is 16.1. The highest BCUT2D eigenvalue weighted by molar-refractivity contribution is 6.06. The summed E-state index contributed by atoms with van der Waals surface area (Å²) in [6.07, 6.45) is 6.60. The molecule has 0 amide bonds. The predicted molar refractivity (Wildman–Crippen MR) is 89.4 cm³/mol. The van der Waals surface area contributed by atoms with Crippen LogP contribution in [0.2, 0.25) is 0 Å². The molecular formula is C20H20O. The number of allylic oxidation sites excluding steroid dienone is 3. The molecule has 0 spiro atoms. The number of carbonyl (C=O) groups excluding carboxylic acids is 1. The molecular weight excluding hydrogens is 256 g/mol. The maximum Gasteiger partial charge on any atom is 0.185 e. The summed E-state index contributed by atoms with van der Waals surface area (Å²) in [6.45, 7) is 4.17. The molecule has 1 nitrogen and oxygen atoms in total. The zero-order chi connectivity index (χ0) is 15.1. The fourth-order valence-electron chi connectivity index (χ4n) is 2.12. The van der Waals surface area contributed by atoms with Gasteiger partial charge in [-0.3, -0.25) is 4.79 Å². The smallest absolute Gasteiger partial charge is 0.185 e. The second-order valence-corrected chi connectivity index (χ2v) is 5.07. The molecule has 0 atom stereocenters. The molecule has 2 rings (SSSR count). The first-order chi connectivity index (χ1) is 10.2. The second kappa shape index (κ2) is 7.39. The van der Waals surface area contributed by atoms with Gasteiger partial charge in [-0.2, -0.15) is 0 Å². The normalized spacial score (nSPS) is 11.8. The van der Waals surface area contributed by atoms with Crippen molar-refractivity contribution in [2.45, 2.75) is 20.3 Å². The number of carbonyl (C=O) groups is 1. The van der Waals surface area contributed by atoms with E-state index in [-0.39, 0.29) is 5.78 Å². The van der Waals surface area contributed by atoms with Crippen molar-refractivity contribution in [3.8, 4) is 0 Å². The van der Waals surface area contributed by atoms with Crippen LogP contribution in [0.25, 0.3) is 6.08 Å². The van der Waals surface area contributed by atoms with Crippen LogP contribution in [0.4, 0.5) is 0 Å². The molecule has 0 bridgehead atoms. The summed E-state index contributed by atoms with van der Waals surface area (Å²) >= 11 is 0. The Morgan fingerprint density at radius 3 is 2.38 bits per heavy atom. The first kappa shape index (κ1) is 15.0. The first-order valence-electron chi connectivity index (χ1n) is 7.18. The molecule has 0 aliphatic rings. The van der Waals surface area contributed by atoms with E-state index in [1.807, 2.05) is 61.5 Å². The van der Waals surface area contributed by atoms with Crippen molar-refractivity contribution in [2.75, 3.05) is 0 Å². The van der Waals surface area contributed by atoms with E-state index in [1.54, 1.807) is 6.08 Å². The second-order valence-electron chi connectivity index (χ2n) is 5.07. The molecule has 21 heavy (non-hydrogen) atoms. The average Bonchev–Trinajstić information content (AvgIpc) is 2.54. The van der Waals surface area contributed by atoms with E-state index in [1.165, 1.54) is 11.1 Å². The molecule has 0 saturated heterocycles. The lowest BCUT2D eigenvalue weighted by Crippen LogP contribution is -1.94. The quantitative estimate of drug-likeness (QED) is 0.422. The Morgan fingerprint density at radius 2 is 1.67 bits per heavy atom. The fourth-order valence-corrected chi connectivity index (χ4v) is 2.12. The summed E-state index contributed by atoms with van der Waals surface area (Å²) < 4.78 is 0. The zero-order valence-electron chi connectivity index (χ0n) is 12.5. The Bertz CT molecular complexity index is 663. The molecule has 0 aliphatic heterocycles. The predicted octanol–water partition coefficient (Wildman–Crippen LogP) is 5.09. The molecule has 0 saturated carbocycles. The Morgan fingerprint density at radius 1 is 1.00 bits per heavy atom. The monoisotopic (exact) mass is 276 g/mol.